The molecule has 2 aromatic carbocycles. The second-order valence-corrected chi connectivity index (χ2v) is 8.21. The number of benzene rings is 2. The Kier molecular flexibility index (Phi) is 6.61. The predicted octanol–water partition coefficient (Wildman–Crippen LogP) is 6.79. The summed E-state index contributed by atoms with van der Waals surface area (Å²) < 4.78 is 41.6. The van der Waals surface area contributed by atoms with Gasteiger partial charge in [-0.05, 0) is 70.8 Å². The average molecular weight is 512 g/mol. The van der Waals surface area contributed by atoms with E-state index in [9.17, 15) is 13.2 Å². The van der Waals surface area contributed by atoms with Gasteiger partial charge in [0.05, 0.1) is 0 Å². The van der Waals surface area contributed by atoms with E-state index in [1.54, 1.807) is 12.1 Å². The molecule has 0 saturated heterocycles. The number of alkyl halides is 3. The van der Waals surface area contributed by atoms with Crippen molar-refractivity contribution in [2.24, 2.45) is 5.92 Å². The van der Waals surface area contributed by atoms with Gasteiger partial charge in [0.25, 0.3) is 0 Å². The molecule has 1 aromatic heterocycles. The van der Waals surface area contributed by atoms with Gasteiger partial charge in [0.15, 0.2) is 0 Å². The Morgan fingerprint density at radius 1 is 1.00 bits per heavy atom. The van der Waals surface area contributed by atoms with E-state index < -0.39 is 11.7 Å². The van der Waals surface area contributed by atoms with Crippen molar-refractivity contribution in [2.45, 2.75) is 26.4 Å². The minimum atomic E-state index is -4.57. The molecule has 0 unspecified atom stereocenters. The summed E-state index contributed by atoms with van der Waals surface area (Å²) in [4.78, 5) is 7.97. The summed E-state index contributed by atoms with van der Waals surface area (Å²) in [6, 6.07) is 14.7. The van der Waals surface area contributed by atoms with E-state index in [1.807, 2.05) is 36.4 Å². The Hall–Kier alpha value is -2.36. The number of rotatable bonds is 6. The molecule has 0 atom stereocenters. The third-order valence-corrected chi connectivity index (χ3v) is 4.81. The second kappa shape index (κ2) is 8.98. The zero-order valence-corrected chi connectivity index (χ0v) is 18.0. The first-order valence-electron chi connectivity index (χ1n) is 9.04. The smallest absolute Gasteiger partial charge is 0.339 e. The van der Waals surface area contributed by atoms with Crippen LogP contribution in [0.1, 0.15) is 25.0 Å². The number of hydrogen-bond donors (Lipinski definition) is 2. The van der Waals surface area contributed by atoms with Crippen molar-refractivity contribution in [1.29, 1.82) is 0 Å². The van der Waals surface area contributed by atoms with Crippen molar-refractivity contribution in [3.05, 3.63) is 69.4 Å². The molecule has 2 N–H and O–H groups in total. The van der Waals surface area contributed by atoms with Crippen molar-refractivity contribution in [3.63, 3.8) is 0 Å². The number of para-hydroxylation sites is 1. The van der Waals surface area contributed by atoms with Crippen LogP contribution in [0.5, 0.6) is 0 Å². The first-order chi connectivity index (χ1) is 13.7. The number of aromatic nitrogens is 2. The van der Waals surface area contributed by atoms with Gasteiger partial charge < -0.3 is 10.6 Å². The van der Waals surface area contributed by atoms with E-state index in [-0.39, 0.29) is 11.8 Å². The average Bonchev–Trinajstić information content (AvgIpc) is 2.64. The van der Waals surface area contributed by atoms with Crippen LogP contribution in [0.2, 0.25) is 0 Å². The van der Waals surface area contributed by atoms with Crippen molar-refractivity contribution in [2.75, 3.05) is 10.6 Å². The van der Waals surface area contributed by atoms with Gasteiger partial charge >= 0.3 is 6.18 Å². The minimum absolute atomic E-state index is 0.0862. The molecule has 29 heavy (non-hydrogen) atoms. The molecule has 3 rings (SSSR count). The highest BCUT2D eigenvalue weighted by Gasteiger charge is 2.35. The largest absolute Gasteiger partial charge is 0.421 e. The number of anilines is 4. The maximum Gasteiger partial charge on any atom is 0.421 e. The number of nitrogens with one attached hydrogen (secondary N) is 2. The van der Waals surface area contributed by atoms with Crippen LogP contribution in [0, 0.1) is 9.49 Å². The molecule has 0 bridgehead atoms. The zero-order chi connectivity index (χ0) is 21.0. The first-order valence-corrected chi connectivity index (χ1v) is 10.1. The van der Waals surface area contributed by atoms with E-state index in [1.165, 1.54) is 0 Å². The molecule has 1 heterocycles. The summed E-state index contributed by atoms with van der Waals surface area (Å²) in [6.45, 7) is 4.12. The monoisotopic (exact) mass is 512 g/mol. The maximum atomic E-state index is 13.5. The molecule has 0 spiro atoms. The van der Waals surface area contributed by atoms with Crippen molar-refractivity contribution in [1.82, 2.24) is 9.97 Å². The highest BCUT2D eigenvalue weighted by molar-refractivity contribution is 14.1. The molecule has 0 fully saturated rings. The third-order valence-electron chi connectivity index (χ3n) is 4.09. The summed E-state index contributed by atoms with van der Waals surface area (Å²) in [6.07, 6.45) is -3.03. The molecule has 152 valence electrons. The molecule has 0 aliphatic carbocycles. The van der Waals surface area contributed by atoms with Crippen molar-refractivity contribution in [3.8, 4) is 0 Å². The van der Waals surface area contributed by atoms with Crippen LogP contribution >= 0.6 is 22.6 Å². The van der Waals surface area contributed by atoms with E-state index in [0.717, 1.165) is 21.8 Å². The molecule has 0 radical (unpaired) electrons. The summed E-state index contributed by atoms with van der Waals surface area (Å²) in [5, 5.41) is 5.83. The third kappa shape index (κ3) is 5.81. The van der Waals surface area contributed by atoms with Gasteiger partial charge in [-0.3, -0.25) is 0 Å². The van der Waals surface area contributed by atoms with Crippen molar-refractivity contribution < 1.29 is 13.2 Å². The summed E-state index contributed by atoms with van der Waals surface area (Å²) in [7, 11) is 0. The van der Waals surface area contributed by atoms with Crippen LogP contribution in [0.4, 0.5) is 36.3 Å². The fourth-order valence-corrected chi connectivity index (χ4v) is 3.15. The lowest BCUT2D eigenvalue weighted by Gasteiger charge is -2.17. The summed E-state index contributed by atoms with van der Waals surface area (Å²) in [5.41, 5.74) is 1.31. The van der Waals surface area contributed by atoms with E-state index >= 15 is 0 Å². The molecule has 0 saturated carbocycles. The van der Waals surface area contributed by atoms with E-state index in [4.69, 9.17) is 0 Å². The lowest BCUT2D eigenvalue weighted by Crippen LogP contribution is -2.13. The number of halogens is 4. The standard InChI is InChI=1S/C21H20F3IN4/c1-13(2)11-14-5-3-4-6-18(14)28-19-17(21(22,23)24)12-26-20(29-19)27-16-9-7-15(25)8-10-16/h3-10,12-13H,11H2,1-2H3,(H2,26,27,28,29). The molecule has 0 aliphatic heterocycles. The Labute approximate surface area is 181 Å². The molecule has 8 heteroatoms. The topological polar surface area (TPSA) is 49.8 Å². The lowest BCUT2D eigenvalue weighted by molar-refractivity contribution is -0.137. The Bertz CT molecular complexity index is 972. The fraction of sp³-hybridized carbons (Fsp3) is 0.238. The lowest BCUT2D eigenvalue weighted by atomic mass is 10.0. The summed E-state index contributed by atoms with van der Waals surface area (Å²) in [5.74, 6) is 0.170. The molecule has 0 aliphatic rings. The molecule has 0 amide bonds. The zero-order valence-electron chi connectivity index (χ0n) is 15.9. The van der Waals surface area contributed by atoms with Crippen LogP contribution < -0.4 is 10.6 Å². The van der Waals surface area contributed by atoms with Gasteiger partial charge in [-0.15, -0.1) is 0 Å². The maximum absolute atomic E-state index is 13.5. The fourth-order valence-electron chi connectivity index (χ4n) is 2.79. The van der Waals surface area contributed by atoms with Gasteiger partial charge in [0, 0.05) is 21.1 Å². The van der Waals surface area contributed by atoms with E-state index in [2.05, 4.69) is 57.0 Å². The second-order valence-electron chi connectivity index (χ2n) is 6.97. The molecule has 3 aromatic rings. The predicted molar refractivity (Wildman–Crippen MR) is 118 cm³/mol. The van der Waals surface area contributed by atoms with Gasteiger partial charge in [0.1, 0.15) is 11.4 Å². The highest BCUT2D eigenvalue weighted by atomic mass is 127. The minimum Gasteiger partial charge on any atom is -0.339 e. The normalized spacial score (nSPS) is 11.6. The van der Waals surface area contributed by atoms with Crippen LogP contribution in [-0.4, -0.2) is 9.97 Å². The van der Waals surface area contributed by atoms with Crippen molar-refractivity contribution >= 4 is 45.7 Å². The van der Waals surface area contributed by atoms with E-state index in [0.29, 0.717) is 17.3 Å². The molecular weight excluding hydrogens is 492 g/mol. The van der Waals surface area contributed by atoms with Gasteiger partial charge in [-0.2, -0.15) is 18.2 Å². The summed E-state index contributed by atoms with van der Waals surface area (Å²) >= 11 is 2.18. The Balaban J connectivity index is 1.96. The first kappa shape index (κ1) is 21.4. The van der Waals surface area contributed by atoms with Gasteiger partial charge in [0.2, 0.25) is 5.95 Å². The number of hydrogen-bond acceptors (Lipinski definition) is 4. The van der Waals surface area contributed by atoms with Gasteiger partial charge in [-0.1, -0.05) is 32.0 Å². The number of nitrogens with zero attached hydrogens (tertiary/aromatic N) is 2. The van der Waals surface area contributed by atoms with Gasteiger partial charge in [-0.25, -0.2) is 4.98 Å². The quantitative estimate of drug-likeness (QED) is 0.358. The molecular formula is C21H20F3IN4. The Morgan fingerprint density at radius 2 is 1.69 bits per heavy atom. The van der Waals surface area contributed by atoms with Crippen LogP contribution in [0.3, 0.4) is 0 Å². The van der Waals surface area contributed by atoms with Crippen LogP contribution in [0.25, 0.3) is 0 Å². The molecule has 4 nitrogen and oxygen atoms in total. The van der Waals surface area contributed by atoms with Crippen LogP contribution in [0.15, 0.2) is 54.7 Å². The highest BCUT2D eigenvalue weighted by Crippen LogP contribution is 2.36. The SMILES string of the molecule is CC(C)Cc1ccccc1Nc1nc(Nc2ccc(I)cc2)ncc1C(F)(F)F. The Morgan fingerprint density at radius 3 is 2.34 bits per heavy atom. The van der Waals surface area contributed by atoms with Crippen LogP contribution in [-0.2, 0) is 12.6 Å².